The molecule has 1 unspecified atom stereocenters. The maximum atomic E-state index is 13.6. The first-order valence-electron chi connectivity index (χ1n) is 9.02. The average molecular weight is 368 g/mol. The minimum absolute atomic E-state index is 0.120. The number of hydrogen-bond acceptors (Lipinski definition) is 3. The second-order valence-corrected chi connectivity index (χ2v) is 6.87. The summed E-state index contributed by atoms with van der Waals surface area (Å²) < 4.78 is 15.3. The van der Waals surface area contributed by atoms with Crippen molar-refractivity contribution in [1.29, 1.82) is 0 Å². The number of alkyl halides is 1. The quantitative estimate of drug-likeness (QED) is 0.723. The van der Waals surface area contributed by atoms with Crippen LogP contribution in [0.2, 0.25) is 0 Å². The molecule has 3 heterocycles. The molecule has 2 aromatic heterocycles. The van der Waals surface area contributed by atoms with Crippen molar-refractivity contribution < 1.29 is 14.3 Å². The second-order valence-electron chi connectivity index (χ2n) is 6.87. The van der Waals surface area contributed by atoms with Gasteiger partial charge in [-0.3, -0.25) is 10.00 Å². The van der Waals surface area contributed by atoms with Crippen LogP contribution in [0, 0.1) is 0 Å². The Morgan fingerprint density at radius 2 is 2.11 bits per heavy atom. The van der Waals surface area contributed by atoms with Gasteiger partial charge in [0.15, 0.2) is 0 Å². The van der Waals surface area contributed by atoms with Crippen molar-refractivity contribution in [2.45, 2.75) is 25.6 Å². The molecule has 1 aliphatic rings. The Morgan fingerprint density at radius 1 is 1.30 bits per heavy atom. The van der Waals surface area contributed by atoms with Gasteiger partial charge in [-0.15, -0.1) is 0 Å². The van der Waals surface area contributed by atoms with Crippen LogP contribution in [0.1, 0.15) is 28.8 Å². The number of carboxylic acid groups (broad SMARTS) is 1. The minimum Gasteiger partial charge on any atom is -0.477 e. The van der Waals surface area contributed by atoms with E-state index in [1.807, 2.05) is 36.4 Å². The fourth-order valence-electron chi connectivity index (χ4n) is 3.61. The van der Waals surface area contributed by atoms with Gasteiger partial charge in [0.1, 0.15) is 17.6 Å². The molecule has 0 radical (unpaired) electrons. The molecular weight excluding hydrogens is 347 g/mol. The van der Waals surface area contributed by atoms with Gasteiger partial charge in [0.25, 0.3) is 0 Å². The van der Waals surface area contributed by atoms with Crippen LogP contribution in [-0.2, 0) is 6.54 Å². The van der Waals surface area contributed by atoms with E-state index in [9.17, 15) is 14.3 Å². The molecule has 27 heavy (non-hydrogen) atoms. The molecule has 1 atom stereocenters. The number of nitrogens with one attached hydrogen (secondary N) is 1. The maximum absolute atomic E-state index is 13.6. The van der Waals surface area contributed by atoms with E-state index in [1.54, 1.807) is 10.8 Å². The number of hydrogen-bond donors (Lipinski definition) is 2. The van der Waals surface area contributed by atoms with Crippen molar-refractivity contribution in [3.63, 3.8) is 0 Å². The number of benzene rings is 1. The van der Waals surface area contributed by atoms with Gasteiger partial charge in [-0.05, 0) is 42.6 Å². The van der Waals surface area contributed by atoms with Crippen molar-refractivity contribution in [3.05, 3.63) is 59.9 Å². The summed E-state index contributed by atoms with van der Waals surface area (Å²) in [5.74, 6) is -0.602. The molecule has 2 N–H and O–H groups in total. The number of aromatic amines is 1. The maximum Gasteiger partial charge on any atom is 0.341 e. The number of nitrogens with zero attached hydrogens (tertiary/aromatic N) is 3. The summed E-state index contributed by atoms with van der Waals surface area (Å²) in [5.41, 5.74) is 3.10. The van der Waals surface area contributed by atoms with Gasteiger partial charge in [0.2, 0.25) is 0 Å². The second kappa shape index (κ2) is 7.36. The van der Waals surface area contributed by atoms with Gasteiger partial charge >= 0.3 is 5.97 Å². The van der Waals surface area contributed by atoms with E-state index in [0.29, 0.717) is 18.8 Å². The van der Waals surface area contributed by atoms with Crippen LogP contribution in [0.25, 0.3) is 17.1 Å². The first kappa shape index (κ1) is 17.5. The average Bonchev–Trinajstić information content (AvgIpc) is 3.31. The van der Waals surface area contributed by atoms with Crippen LogP contribution in [0.15, 0.2) is 48.8 Å². The Bertz CT molecular complexity index is 932. The number of aromatic nitrogens is 3. The van der Waals surface area contributed by atoms with Crippen LogP contribution in [0.5, 0.6) is 0 Å². The Labute approximate surface area is 156 Å². The predicted molar refractivity (Wildman–Crippen MR) is 99.7 cm³/mol. The molecule has 140 valence electrons. The highest BCUT2D eigenvalue weighted by atomic mass is 19.1. The monoisotopic (exact) mass is 368 g/mol. The Kier molecular flexibility index (Phi) is 4.77. The number of likely N-dealkylation sites (tertiary alicyclic amines) is 1. The highest BCUT2D eigenvalue weighted by Crippen LogP contribution is 2.25. The van der Waals surface area contributed by atoms with Crippen LogP contribution in [0.4, 0.5) is 4.39 Å². The third kappa shape index (κ3) is 3.64. The molecule has 0 aliphatic carbocycles. The van der Waals surface area contributed by atoms with Crippen molar-refractivity contribution >= 4 is 5.97 Å². The lowest BCUT2D eigenvalue weighted by molar-refractivity contribution is 0.0697. The molecule has 7 heteroatoms. The van der Waals surface area contributed by atoms with Gasteiger partial charge in [-0.2, -0.15) is 5.10 Å². The lowest BCUT2D eigenvalue weighted by atomic mass is 10.1. The third-order valence-electron chi connectivity index (χ3n) is 4.94. The van der Waals surface area contributed by atoms with E-state index in [-0.39, 0.29) is 5.56 Å². The highest BCUT2D eigenvalue weighted by molar-refractivity contribution is 5.91. The zero-order valence-electron chi connectivity index (χ0n) is 14.8. The fourth-order valence-corrected chi connectivity index (χ4v) is 3.61. The van der Waals surface area contributed by atoms with Gasteiger partial charge in [0.05, 0.1) is 11.9 Å². The number of halogens is 1. The lowest BCUT2D eigenvalue weighted by Crippen LogP contribution is -2.35. The zero-order valence-corrected chi connectivity index (χ0v) is 14.8. The molecule has 4 rings (SSSR count). The van der Waals surface area contributed by atoms with Gasteiger partial charge in [-0.25, -0.2) is 9.18 Å². The van der Waals surface area contributed by atoms with E-state index in [4.69, 9.17) is 0 Å². The van der Waals surface area contributed by atoms with E-state index in [1.165, 1.54) is 6.20 Å². The number of aromatic carboxylic acids is 1. The molecule has 0 saturated carbocycles. The molecule has 6 nitrogen and oxygen atoms in total. The van der Waals surface area contributed by atoms with Crippen LogP contribution in [0.3, 0.4) is 0 Å². The van der Waals surface area contributed by atoms with E-state index in [0.717, 1.165) is 36.3 Å². The molecule has 1 aromatic carbocycles. The van der Waals surface area contributed by atoms with Gasteiger partial charge in [0, 0.05) is 19.3 Å². The van der Waals surface area contributed by atoms with Gasteiger partial charge < -0.3 is 9.67 Å². The van der Waals surface area contributed by atoms with Crippen molar-refractivity contribution in [3.8, 4) is 17.1 Å². The molecule has 0 spiro atoms. The molecule has 1 saturated heterocycles. The highest BCUT2D eigenvalue weighted by Gasteiger charge is 2.19. The van der Waals surface area contributed by atoms with Crippen LogP contribution >= 0.6 is 0 Å². The Hall–Kier alpha value is -2.93. The minimum atomic E-state index is -1.03. The van der Waals surface area contributed by atoms with E-state index < -0.39 is 12.1 Å². The Morgan fingerprint density at radius 3 is 2.85 bits per heavy atom. The Balaban J connectivity index is 1.56. The number of H-pyrrole nitrogens is 1. The molecule has 1 fully saturated rings. The SMILES string of the molecule is O=C(O)c1cn[nH]c1-n1cccc1-c1ccc(CN2CCCC(F)C2)cc1. The molecular formula is C20H21FN4O2. The third-order valence-corrected chi connectivity index (χ3v) is 4.94. The predicted octanol–water partition coefficient (Wildman–Crippen LogP) is 3.50. The first-order valence-corrected chi connectivity index (χ1v) is 9.02. The van der Waals surface area contributed by atoms with Crippen molar-refractivity contribution in [2.24, 2.45) is 0 Å². The summed E-state index contributed by atoms with van der Waals surface area (Å²) in [6.45, 7) is 2.18. The van der Waals surface area contributed by atoms with Crippen LogP contribution < -0.4 is 0 Å². The smallest absolute Gasteiger partial charge is 0.341 e. The summed E-state index contributed by atoms with van der Waals surface area (Å²) in [4.78, 5) is 13.5. The standard InChI is InChI=1S/C20H21FN4O2/c21-16-3-1-9-24(13-16)12-14-5-7-15(8-6-14)18-4-2-10-25(18)19-17(20(26)27)11-22-23-19/h2,4-8,10-11,16H,1,3,9,12-13H2,(H,22,23)(H,26,27). The summed E-state index contributed by atoms with van der Waals surface area (Å²) in [7, 11) is 0. The van der Waals surface area contributed by atoms with Crippen LogP contribution in [-0.4, -0.2) is 50.0 Å². The zero-order chi connectivity index (χ0) is 18.8. The van der Waals surface area contributed by atoms with Gasteiger partial charge in [-0.1, -0.05) is 24.3 Å². The normalized spacial score (nSPS) is 17.9. The first-order chi connectivity index (χ1) is 13.1. The van der Waals surface area contributed by atoms with E-state index >= 15 is 0 Å². The lowest BCUT2D eigenvalue weighted by Gasteiger charge is -2.28. The number of rotatable bonds is 5. The summed E-state index contributed by atoms with van der Waals surface area (Å²) in [5, 5.41) is 15.9. The molecule has 1 aliphatic heterocycles. The molecule has 0 bridgehead atoms. The largest absolute Gasteiger partial charge is 0.477 e. The number of piperidine rings is 1. The molecule has 0 amide bonds. The molecule has 3 aromatic rings. The summed E-state index contributed by atoms with van der Waals surface area (Å²) in [6.07, 6.45) is 3.96. The number of carboxylic acids is 1. The van der Waals surface area contributed by atoms with Crippen molar-refractivity contribution in [1.82, 2.24) is 19.7 Å². The topological polar surface area (TPSA) is 74.1 Å². The summed E-state index contributed by atoms with van der Waals surface area (Å²) in [6, 6.07) is 11.9. The fraction of sp³-hybridized carbons (Fsp3) is 0.300. The summed E-state index contributed by atoms with van der Waals surface area (Å²) >= 11 is 0. The van der Waals surface area contributed by atoms with E-state index in [2.05, 4.69) is 15.1 Å². The van der Waals surface area contributed by atoms with Crippen molar-refractivity contribution in [2.75, 3.05) is 13.1 Å². The number of carbonyl (C=O) groups is 1.